The number of rotatable bonds is 7. The predicted octanol–water partition coefficient (Wildman–Crippen LogP) is 3.86. The summed E-state index contributed by atoms with van der Waals surface area (Å²) in [6.07, 6.45) is 0. The van der Waals surface area contributed by atoms with Gasteiger partial charge in [0.15, 0.2) is 5.78 Å². The number of ketones is 1. The van der Waals surface area contributed by atoms with Gasteiger partial charge in [0.2, 0.25) is 5.16 Å². The molecule has 0 aliphatic rings. The number of Topliss-reactive ketones (excluding diaryl/α,β-unsaturated/α-hetero) is 1. The molecular weight excluding hydrogens is 374 g/mol. The molecule has 0 saturated heterocycles. The van der Waals surface area contributed by atoms with Crippen LogP contribution in [0.5, 0.6) is 5.75 Å². The molecule has 0 radical (unpaired) electrons. The first kappa shape index (κ1) is 19.0. The van der Waals surface area contributed by atoms with E-state index >= 15 is 0 Å². The Morgan fingerprint density at radius 3 is 2.63 bits per heavy atom. The molecule has 0 unspecified atom stereocenters. The van der Waals surface area contributed by atoms with Crippen LogP contribution >= 0.6 is 11.8 Å². The van der Waals surface area contributed by atoms with Crippen molar-refractivity contribution in [3.8, 4) is 11.4 Å². The van der Waals surface area contributed by atoms with Crippen LogP contribution in [0.3, 0.4) is 0 Å². The number of tetrazole rings is 1. The fourth-order valence-corrected chi connectivity index (χ4v) is 3.20. The molecule has 0 fully saturated rings. The van der Waals surface area contributed by atoms with Gasteiger partial charge in [0, 0.05) is 5.56 Å². The Hall–Kier alpha value is -2.81. The van der Waals surface area contributed by atoms with Crippen LogP contribution in [0.25, 0.3) is 5.69 Å². The summed E-state index contributed by atoms with van der Waals surface area (Å²) in [5.41, 5.74) is 3.41. The maximum atomic E-state index is 12.4. The van der Waals surface area contributed by atoms with Crippen molar-refractivity contribution in [3.63, 3.8) is 0 Å². The van der Waals surface area contributed by atoms with E-state index in [0.717, 1.165) is 16.8 Å². The monoisotopic (exact) mass is 390 g/mol. The Balaban J connectivity index is 1.70. The van der Waals surface area contributed by atoms with Crippen LogP contribution in [0.2, 0.25) is 0 Å². The molecular formula is C18H16F2N4O2S. The van der Waals surface area contributed by atoms with Crippen molar-refractivity contribution in [1.82, 2.24) is 20.2 Å². The number of ether oxygens (including phenoxy) is 1. The lowest BCUT2D eigenvalue weighted by Crippen LogP contribution is -2.06. The summed E-state index contributed by atoms with van der Waals surface area (Å²) in [4.78, 5) is 12.4. The Bertz CT molecular complexity index is 945. The van der Waals surface area contributed by atoms with Gasteiger partial charge in [0.05, 0.1) is 11.4 Å². The van der Waals surface area contributed by atoms with Gasteiger partial charge in [-0.25, -0.2) is 0 Å². The van der Waals surface area contributed by atoms with Crippen LogP contribution in [0, 0.1) is 13.8 Å². The van der Waals surface area contributed by atoms with Crippen molar-refractivity contribution in [3.05, 3.63) is 59.2 Å². The molecule has 0 amide bonds. The Labute approximate surface area is 158 Å². The molecule has 0 bridgehead atoms. The largest absolute Gasteiger partial charge is 0.435 e. The molecule has 0 N–H and O–H groups in total. The van der Waals surface area contributed by atoms with Gasteiger partial charge in [-0.2, -0.15) is 13.5 Å². The second-order valence-corrected chi connectivity index (χ2v) is 6.65. The van der Waals surface area contributed by atoms with Gasteiger partial charge >= 0.3 is 6.61 Å². The quantitative estimate of drug-likeness (QED) is 0.451. The van der Waals surface area contributed by atoms with Gasteiger partial charge in [0.25, 0.3) is 0 Å². The van der Waals surface area contributed by atoms with Crippen LogP contribution in [0.1, 0.15) is 21.5 Å². The van der Waals surface area contributed by atoms with Gasteiger partial charge in [0.1, 0.15) is 5.75 Å². The number of halogens is 2. The smallest absolute Gasteiger partial charge is 0.387 e. The number of carbonyl (C=O) groups excluding carboxylic acids is 1. The van der Waals surface area contributed by atoms with E-state index in [2.05, 4.69) is 20.3 Å². The number of hydrogen-bond donors (Lipinski definition) is 0. The highest BCUT2D eigenvalue weighted by molar-refractivity contribution is 7.99. The Morgan fingerprint density at radius 1 is 1.19 bits per heavy atom. The summed E-state index contributed by atoms with van der Waals surface area (Å²) in [5, 5.41) is 12.2. The van der Waals surface area contributed by atoms with Gasteiger partial charge in [-0.05, 0) is 65.7 Å². The van der Waals surface area contributed by atoms with E-state index in [1.54, 1.807) is 4.68 Å². The first-order valence-electron chi connectivity index (χ1n) is 8.01. The topological polar surface area (TPSA) is 69.9 Å². The lowest BCUT2D eigenvalue weighted by atomic mass is 10.1. The van der Waals surface area contributed by atoms with Gasteiger partial charge in [-0.1, -0.05) is 23.9 Å². The Kier molecular flexibility index (Phi) is 5.80. The summed E-state index contributed by atoms with van der Waals surface area (Å²) in [5.74, 6) is -0.0486. The number of carbonyl (C=O) groups is 1. The maximum Gasteiger partial charge on any atom is 0.387 e. The molecule has 3 rings (SSSR count). The predicted molar refractivity (Wildman–Crippen MR) is 96.8 cm³/mol. The average molecular weight is 390 g/mol. The molecule has 6 nitrogen and oxygen atoms in total. The normalized spacial score (nSPS) is 11.0. The van der Waals surface area contributed by atoms with Crippen LogP contribution in [-0.4, -0.2) is 38.4 Å². The zero-order valence-corrected chi connectivity index (χ0v) is 15.4. The number of aryl methyl sites for hydroxylation is 1. The summed E-state index contributed by atoms with van der Waals surface area (Å²) in [6.45, 7) is 1.08. The molecule has 0 aliphatic heterocycles. The number of hydrogen-bond acceptors (Lipinski definition) is 6. The zero-order valence-electron chi connectivity index (χ0n) is 14.6. The third-order valence-electron chi connectivity index (χ3n) is 3.98. The zero-order chi connectivity index (χ0) is 19.4. The van der Waals surface area contributed by atoms with Crippen LogP contribution in [0.4, 0.5) is 8.78 Å². The van der Waals surface area contributed by atoms with Crippen molar-refractivity contribution in [2.24, 2.45) is 0 Å². The number of nitrogens with zero attached hydrogens (tertiary/aromatic N) is 4. The highest BCUT2D eigenvalue weighted by atomic mass is 32.2. The first-order chi connectivity index (χ1) is 13.0. The molecule has 0 spiro atoms. The second kappa shape index (κ2) is 8.26. The number of thioether (sulfide) groups is 1. The molecule has 27 heavy (non-hydrogen) atoms. The molecule has 3 aromatic rings. The summed E-state index contributed by atoms with van der Waals surface area (Å²) < 4.78 is 30.2. The lowest BCUT2D eigenvalue weighted by molar-refractivity contribution is -0.0498. The SMILES string of the molecule is Cc1cccc(-n2nnnc2SCC(=O)c2ccc(OC(F)F)cc2)c1C. The molecule has 2 aromatic carbocycles. The van der Waals surface area contributed by atoms with E-state index in [1.807, 2.05) is 32.0 Å². The fraction of sp³-hybridized carbons (Fsp3) is 0.222. The minimum Gasteiger partial charge on any atom is -0.435 e. The van der Waals surface area contributed by atoms with E-state index < -0.39 is 6.61 Å². The van der Waals surface area contributed by atoms with E-state index in [1.165, 1.54) is 36.0 Å². The third-order valence-corrected chi connectivity index (χ3v) is 4.90. The summed E-state index contributed by atoms with van der Waals surface area (Å²) in [6, 6.07) is 11.4. The van der Waals surface area contributed by atoms with E-state index in [4.69, 9.17) is 0 Å². The minimum atomic E-state index is -2.90. The van der Waals surface area contributed by atoms with Crippen molar-refractivity contribution >= 4 is 17.5 Å². The van der Waals surface area contributed by atoms with Crippen molar-refractivity contribution in [2.45, 2.75) is 25.6 Å². The number of aromatic nitrogens is 4. The maximum absolute atomic E-state index is 12.4. The molecule has 0 aliphatic carbocycles. The third kappa shape index (κ3) is 4.48. The average Bonchev–Trinajstić information content (AvgIpc) is 3.10. The van der Waals surface area contributed by atoms with Crippen molar-refractivity contribution < 1.29 is 18.3 Å². The summed E-state index contributed by atoms with van der Waals surface area (Å²) >= 11 is 1.21. The number of alkyl halides is 2. The second-order valence-electron chi connectivity index (χ2n) is 5.71. The molecule has 1 aromatic heterocycles. The summed E-state index contributed by atoms with van der Waals surface area (Å²) in [7, 11) is 0. The van der Waals surface area contributed by atoms with E-state index in [9.17, 15) is 13.6 Å². The van der Waals surface area contributed by atoms with Crippen LogP contribution in [0.15, 0.2) is 47.6 Å². The van der Waals surface area contributed by atoms with E-state index in [0.29, 0.717) is 10.7 Å². The molecule has 0 atom stereocenters. The standard InChI is InChI=1S/C18H16F2N4O2S/c1-11-4-3-5-15(12(11)2)24-18(21-22-23-24)27-10-16(25)13-6-8-14(9-7-13)26-17(19)20/h3-9,17H,10H2,1-2H3. The highest BCUT2D eigenvalue weighted by Crippen LogP contribution is 2.23. The van der Waals surface area contributed by atoms with Gasteiger partial charge in [-0.15, -0.1) is 5.10 Å². The molecule has 9 heteroatoms. The van der Waals surface area contributed by atoms with Crippen molar-refractivity contribution in [1.29, 1.82) is 0 Å². The van der Waals surface area contributed by atoms with Crippen LogP contribution in [-0.2, 0) is 0 Å². The molecule has 1 heterocycles. The first-order valence-corrected chi connectivity index (χ1v) is 9.00. The fourth-order valence-electron chi connectivity index (χ4n) is 2.42. The van der Waals surface area contributed by atoms with Crippen molar-refractivity contribution in [2.75, 3.05) is 5.75 Å². The molecule has 0 saturated carbocycles. The Morgan fingerprint density at radius 2 is 1.93 bits per heavy atom. The molecule has 140 valence electrons. The minimum absolute atomic E-state index is 0.00747. The van der Waals surface area contributed by atoms with Crippen LogP contribution < -0.4 is 4.74 Å². The van der Waals surface area contributed by atoms with E-state index in [-0.39, 0.29) is 17.3 Å². The highest BCUT2D eigenvalue weighted by Gasteiger charge is 2.15. The van der Waals surface area contributed by atoms with Gasteiger partial charge < -0.3 is 4.74 Å². The van der Waals surface area contributed by atoms with Gasteiger partial charge in [-0.3, -0.25) is 4.79 Å². The number of benzene rings is 2. The lowest BCUT2D eigenvalue weighted by Gasteiger charge is -2.09.